The van der Waals surface area contributed by atoms with Gasteiger partial charge in [0.1, 0.15) is 11.5 Å². The van der Waals surface area contributed by atoms with Gasteiger partial charge in [0.25, 0.3) is 11.8 Å². The molecule has 0 radical (unpaired) electrons. The van der Waals surface area contributed by atoms with Crippen LogP contribution in [0.3, 0.4) is 0 Å². The van der Waals surface area contributed by atoms with E-state index in [9.17, 15) is 38.3 Å². The first-order valence-electron chi connectivity index (χ1n) is 21.2. The zero-order valence-electron chi connectivity index (χ0n) is 35.0. The average Bonchev–Trinajstić information content (AvgIpc) is 3.93. The van der Waals surface area contributed by atoms with Gasteiger partial charge in [-0.15, -0.1) is 23.2 Å². The first-order valence-corrected chi connectivity index (χ1v) is 23.8. The number of amides is 5. The monoisotopic (exact) mass is 918 g/mol. The molecule has 3 heterocycles. The molecule has 1 saturated carbocycles. The molecule has 3 aliphatic heterocycles. The summed E-state index contributed by atoms with van der Waals surface area (Å²) < 4.78 is 23.1. The molecule has 3 N–H and O–H groups in total. The predicted octanol–water partition coefficient (Wildman–Crippen LogP) is 8.27. The number of nitrogens with one attached hydrogen (secondary N) is 1. The molecule has 0 saturated heterocycles. The van der Waals surface area contributed by atoms with Crippen LogP contribution >= 0.6 is 31.0 Å². The minimum Gasteiger partial charge on any atom is -0.410 e. The largest absolute Gasteiger partial charge is 0.524 e. The third-order valence-electron chi connectivity index (χ3n) is 13.1. The van der Waals surface area contributed by atoms with Gasteiger partial charge in [0, 0.05) is 90.2 Å². The molecule has 0 bridgehead atoms. The van der Waals surface area contributed by atoms with Crippen molar-refractivity contribution in [2.24, 2.45) is 10.8 Å². The Labute approximate surface area is 374 Å². The summed E-state index contributed by atoms with van der Waals surface area (Å²) in [5.41, 5.74) is 0.921. The Morgan fingerprint density at radius 1 is 0.778 bits per heavy atom. The van der Waals surface area contributed by atoms with E-state index in [4.69, 9.17) is 32.5 Å². The van der Waals surface area contributed by atoms with E-state index in [1.165, 1.54) is 23.1 Å². The van der Waals surface area contributed by atoms with Gasteiger partial charge < -0.3 is 24.4 Å². The van der Waals surface area contributed by atoms with Gasteiger partial charge in [-0.25, -0.2) is 9.36 Å². The molecule has 332 valence electrons. The number of benzene rings is 4. The zero-order chi connectivity index (χ0) is 44.8. The van der Waals surface area contributed by atoms with Crippen molar-refractivity contribution in [3.05, 3.63) is 83.9 Å². The van der Waals surface area contributed by atoms with Gasteiger partial charge in [-0.3, -0.25) is 33.9 Å². The highest BCUT2D eigenvalue weighted by Gasteiger charge is 2.62. The number of imide groups is 1. The number of hydrogen-bond acceptors (Lipinski definition) is 8. The number of hydrogen-bond donors (Lipinski definition) is 3. The van der Waals surface area contributed by atoms with E-state index in [-0.39, 0.29) is 72.4 Å². The maximum absolute atomic E-state index is 15.0. The van der Waals surface area contributed by atoms with Crippen LogP contribution in [0.5, 0.6) is 11.5 Å². The Kier molecular flexibility index (Phi) is 12.4. The smallest absolute Gasteiger partial charge is 0.410 e. The molecule has 5 amide bonds. The first-order chi connectivity index (χ1) is 30.1. The van der Waals surface area contributed by atoms with E-state index in [1.54, 1.807) is 28.0 Å². The molecule has 63 heavy (non-hydrogen) atoms. The lowest BCUT2D eigenvalue weighted by atomic mass is 9.51. The summed E-state index contributed by atoms with van der Waals surface area (Å²) in [7, 11) is -4.95. The van der Waals surface area contributed by atoms with Crippen LogP contribution in [-0.2, 0) is 23.7 Å². The van der Waals surface area contributed by atoms with Crippen molar-refractivity contribution in [3.8, 4) is 11.5 Å². The van der Waals surface area contributed by atoms with Crippen LogP contribution in [-0.4, -0.2) is 82.3 Å². The van der Waals surface area contributed by atoms with Crippen molar-refractivity contribution in [3.63, 3.8) is 0 Å². The standard InChI is InChI=1S/C46H49Cl2N4O10P/c1-3-46(26-45(2,27-46)42(55)51-24-28(22-47)41-33-15-9-7-13-31(33)37(21-35(41)51)62-63(58,59)60)43(56)52-25-29(23-48)40-32-14-8-6-12-30(32)36(20-34(40)52)61-44(57)49-18-10-4-5-11-19-50-38(53)16-17-39(50)54/h6-9,12-17,20-21,28-29H,3-5,10-11,18-19,22-27H2,1-2H3,(H,49,57)(H2,58,59,60). The molecule has 1 aliphatic carbocycles. The molecule has 2 atom stereocenters. The molecule has 4 aromatic carbocycles. The molecule has 4 aliphatic rings. The van der Waals surface area contributed by atoms with Gasteiger partial charge in [0.15, 0.2) is 0 Å². The Morgan fingerprint density at radius 2 is 1.29 bits per heavy atom. The lowest BCUT2D eigenvalue weighted by molar-refractivity contribution is -0.153. The highest BCUT2D eigenvalue weighted by Crippen LogP contribution is 2.61. The fourth-order valence-corrected chi connectivity index (χ4v) is 11.1. The minimum atomic E-state index is -4.95. The lowest BCUT2D eigenvalue weighted by Gasteiger charge is -2.54. The van der Waals surface area contributed by atoms with Crippen LogP contribution in [0.15, 0.2) is 72.8 Å². The van der Waals surface area contributed by atoms with Crippen LogP contribution in [0.2, 0.25) is 0 Å². The van der Waals surface area contributed by atoms with E-state index in [1.807, 2.05) is 50.2 Å². The van der Waals surface area contributed by atoms with E-state index in [0.717, 1.165) is 29.4 Å². The molecule has 0 spiro atoms. The molecule has 1 fully saturated rings. The second-order valence-corrected chi connectivity index (χ2v) is 19.0. The van der Waals surface area contributed by atoms with Crippen molar-refractivity contribution in [2.45, 2.75) is 70.6 Å². The summed E-state index contributed by atoms with van der Waals surface area (Å²) in [6, 6.07) is 17.9. The van der Waals surface area contributed by atoms with Crippen molar-refractivity contribution in [2.75, 3.05) is 47.7 Å². The van der Waals surface area contributed by atoms with Gasteiger partial charge in [0.2, 0.25) is 11.8 Å². The number of phosphoric ester groups is 1. The van der Waals surface area contributed by atoms with Crippen molar-refractivity contribution in [1.29, 1.82) is 0 Å². The highest BCUT2D eigenvalue weighted by molar-refractivity contribution is 7.46. The van der Waals surface area contributed by atoms with Gasteiger partial charge >= 0.3 is 13.9 Å². The molecule has 2 unspecified atom stereocenters. The topological polar surface area (TPSA) is 183 Å². The van der Waals surface area contributed by atoms with Gasteiger partial charge in [0.05, 0.1) is 16.8 Å². The number of halogens is 2. The molecular formula is C46H49Cl2N4O10P. The van der Waals surface area contributed by atoms with Crippen LogP contribution < -0.4 is 24.4 Å². The molecular weight excluding hydrogens is 870 g/mol. The van der Waals surface area contributed by atoms with Crippen LogP contribution in [0.25, 0.3) is 21.5 Å². The number of phosphoric acid groups is 1. The van der Waals surface area contributed by atoms with E-state index in [0.29, 0.717) is 72.2 Å². The number of ether oxygens (including phenoxy) is 1. The third-order valence-corrected chi connectivity index (χ3v) is 14.3. The summed E-state index contributed by atoms with van der Waals surface area (Å²) in [6.45, 7) is 5.08. The third kappa shape index (κ3) is 8.32. The summed E-state index contributed by atoms with van der Waals surface area (Å²) in [4.78, 5) is 90.5. The lowest BCUT2D eigenvalue weighted by Crippen LogP contribution is -2.60. The number of fused-ring (bicyclic) bond motifs is 6. The first kappa shape index (κ1) is 44.6. The number of carbonyl (C=O) groups excluding carboxylic acids is 5. The number of anilines is 2. The Balaban J connectivity index is 0.987. The van der Waals surface area contributed by atoms with Crippen molar-refractivity contribution >= 4 is 93.7 Å². The number of unbranched alkanes of at least 4 members (excludes halogenated alkanes) is 3. The van der Waals surface area contributed by atoms with E-state index >= 15 is 0 Å². The van der Waals surface area contributed by atoms with E-state index in [2.05, 4.69) is 5.32 Å². The second-order valence-electron chi connectivity index (χ2n) is 17.3. The van der Waals surface area contributed by atoms with Crippen molar-refractivity contribution < 1.29 is 47.6 Å². The maximum Gasteiger partial charge on any atom is 0.524 e. The molecule has 14 nitrogen and oxygen atoms in total. The molecule has 4 aromatic rings. The van der Waals surface area contributed by atoms with Crippen LogP contribution in [0.4, 0.5) is 16.2 Å². The van der Waals surface area contributed by atoms with Crippen molar-refractivity contribution in [1.82, 2.24) is 10.2 Å². The predicted molar refractivity (Wildman–Crippen MR) is 241 cm³/mol. The highest BCUT2D eigenvalue weighted by atomic mass is 35.5. The average molecular weight is 920 g/mol. The number of carbonyl (C=O) groups is 5. The SMILES string of the molecule is CCC1(C(=O)N2CC(CCl)c3c2cc(OC(=O)NCCCCCCN2C(=O)C=CC2=O)c2ccccc32)CC(C)(C(=O)N2CC(CCl)c3c2cc(OP(=O)(O)O)c2ccccc32)C1. The Hall–Kier alpha value is -4.98. The molecule has 8 rings (SSSR count). The Bertz CT molecular complexity index is 2590. The van der Waals surface area contributed by atoms with Crippen LogP contribution in [0.1, 0.15) is 81.8 Å². The van der Waals surface area contributed by atoms with Gasteiger partial charge in [-0.1, -0.05) is 75.2 Å². The fraction of sp³-hybridized carbons (Fsp3) is 0.413. The fourth-order valence-electron chi connectivity index (χ4n) is 10.2. The molecule has 17 heteroatoms. The van der Waals surface area contributed by atoms with Gasteiger partial charge in [-0.05, 0) is 54.0 Å². The number of rotatable bonds is 15. The summed E-state index contributed by atoms with van der Waals surface area (Å²) >= 11 is 13.1. The number of nitrogens with zero attached hydrogens (tertiary/aromatic N) is 3. The van der Waals surface area contributed by atoms with E-state index < -0.39 is 24.7 Å². The number of alkyl halides is 2. The summed E-state index contributed by atoms with van der Waals surface area (Å²) in [6.07, 6.45) is 5.76. The van der Waals surface area contributed by atoms with Gasteiger partial charge in [-0.2, -0.15) is 0 Å². The normalized spacial score (nSPS) is 22.7. The van der Waals surface area contributed by atoms with Crippen LogP contribution in [0, 0.1) is 10.8 Å². The molecule has 0 aromatic heterocycles. The Morgan fingerprint density at radius 3 is 1.83 bits per heavy atom. The second kappa shape index (κ2) is 17.5. The minimum absolute atomic E-state index is 0.0460. The quantitative estimate of drug-likeness (QED) is 0.0454. The summed E-state index contributed by atoms with van der Waals surface area (Å²) in [5.74, 6) is -0.710. The summed E-state index contributed by atoms with van der Waals surface area (Å²) in [5, 5.41) is 5.51. The zero-order valence-corrected chi connectivity index (χ0v) is 37.4. The maximum atomic E-state index is 15.0.